The predicted molar refractivity (Wildman–Crippen MR) is 78.4 cm³/mol. The molecule has 1 aromatic rings. The van der Waals surface area contributed by atoms with E-state index in [9.17, 15) is 14.4 Å². The summed E-state index contributed by atoms with van der Waals surface area (Å²) in [7, 11) is 1.48. The zero-order valence-electron chi connectivity index (χ0n) is 12.3. The maximum Gasteiger partial charge on any atom is 0.331 e. The molecule has 0 saturated carbocycles. The Morgan fingerprint density at radius 2 is 1.73 bits per heavy atom. The van der Waals surface area contributed by atoms with Crippen molar-refractivity contribution in [2.24, 2.45) is 0 Å². The van der Waals surface area contributed by atoms with Crippen LogP contribution in [0.2, 0.25) is 0 Å². The first-order valence-electron chi connectivity index (χ1n) is 6.51. The lowest BCUT2D eigenvalue weighted by Crippen LogP contribution is -2.20. The largest absolute Gasteiger partial charge is 0.495 e. The predicted octanol–water partition coefficient (Wildman–Crippen LogP) is 1.30. The van der Waals surface area contributed by atoms with E-state index >= 15 is 0 Å². The number of amides is 1. The third-order valence-corrected chi connectivity index (χ3v) is 2.37. The van der Waals surface area contributed by atoms with Gasteiger partial charge in [0.1, 0.15) is 5.75 Å². The van der Waals surface area contributed by atoms with Gasteiger partial charge in [-0.05, 0) is 19.1 Å². The van der Waals surface area contributed by atoms with E-state index in [-0.39, 0.29) is 6.61 Å². The molecule has 0 saturated heterocycles. The molecule has 1 N–H and O–H groups in total. The number of para-hydroxylation sites is 2. The van der Waals surface area contributed by atoms with Gasteiger partial charge in [0.15, 0.2) is 6.61 Å². The molecule has 0 radical (unpaired) electrons. The first-order valence-corrected chi connectivity index (χ1v) is 6.51. The second-order valence-electron chi connectivity index (χ2n) is 3.94. The molecular formula is C15H17NO6. The van der Waals surface area contributed by atoms with Crippen LogP contribution in [0, 0.1) is 0 Å². The van der Waals surface area contributed by atoms with Gasteiger partial charge < -0.3 is 19.5 Å². The van der Waals surface area contributed by atoms with Crippen molar-refractivity contribution in [2.75, 3.05) is 25.6 Å². The van der Waals surface area contributed by atoms with Crippen molar-refractivity contribution in [3.8, 4) is 5.75 Å². The second kappa shape index (κ2) is 9.17. The van der Waals surface area contributed by atoms with Gasteiger partial charge in [-0.2, -0.15) is 0 Å². The van der Waals surface area contributed by atoms with E-state index in [0.717, 1.165) is 12.2 Å². The Morgan fingerprint density at radius 1 is 1.09 bits per heavy atom. The lowest BCUT2D eigenvalue weighted by Gasteiger charge is -2.09. The molecule has 0 unspecified atom stereocenters. The standard InChI is InChI=1S/C15H17NO6/c1-3-21-14(18)8-9-15(19)22-10-13(17)16-11-6-4-5-7-12(11)20-2/h4-9H,3,10H2,1-2H3,(H,16,17)/b9-8+. The zero-order chi connectivity index (χ0) is 16.4. The van der Waals surface area contributed by atoms with Crippen molar-refractivity contribution in [2.45, 2.75) is 6.92 Å². The fourth-order valence-electron chi connectivity index (χ4n) is 1.45. The summed E-state index contributed by atoms with van der Waals surface area (Å²) in [5.41, 5.74) is 0.466. The Bertz CT molecular complexity index is 567. The van der Waals surface area contributed by atoms with E-state index in [0.29, 0.717) is 11.4 Å². The molecule has 0 aromatic heterocycles. The molecule has 0 aliphatic carbocycles. The van der Waals surface area contributed by atoms with Gasteiger partial charge in [0.25, 0.3) is 5.91 Å². The first-order chi connectivity index (χ1) is 10.6. The van der Waals surface area contributed by atoms with Gasteiger partial charge >= 0.3 is 11.9 Å². The highest BCUT2D eigenvalue weighted by atomic mass is 16.5. The minimum atomic E-state index is -0.816. The van der Waals surface area contributed by atoms with Gasteiger partial charge in [0.2, 0.25) is 0 Å². The lowest BCUT2D eigenvalue weighted by molar-refractivity contribution is -0.143. The number of carbonyl (C=O) groups excluding carboxylic acids is 3. The van der Waals surface area contributed by atoms with Crippen molar-refractivity contribution in [1.29, 1.82) is 0 Å². The van der Waals surface area contributed by atoms with E-state index in [1.165, 1.54) is 7.11 Å². The number of esters is 2. The summed E-state index contributed by atoms with van der Waals surface area (Å²) in [5, 5.41) is 2.55. The Hall–Kier alpha value is -2.83. The van der Waals surface area contributed by atoms with Crippen molar-refractivity contribution in [3.05, 3.63) is 36.4 Å². The van der Waals surface area contributed by atoms with Gasteiger partial charge in [-0.15, -0.1) is 0 Å². The van der Waals surface area contributed by atoms with Crippen molar-refractivity contribution >= 4 is 23.5 Å². The minimum absolute atomic E-state index is 0.208. The van der Waals surface area contributed by atoms with E-state index in [1.54, 1.807) is 31.2 Å². The third kappa shape index (κ3) is 6.08. The van der Waals surface area contributed by atoms with E-state index in [1.807, 2.05) is 0 Å². The highest BCUT2D eigenvalue weighted by Gasteiger charge is 2.09. The zero-order valence-corrected chi connectivity index (χ0v) is 12.3. The Balaban J connectivity index is 2.43. The summed E-state index contributed by atoms with van der Waals surface area (Å²) in [5.74, 6) is -1.51. The van der Waals surface area contributed by atoms with Crippen molar-refractivity contribution < 1.29 is 28.6 Å². The van der Waals surface area contributed by atoms with Crippen LogP contribution in [-0.4, -0.2) is 38.2 Å². The molecule has 7 nitrogen and oxygen atoms in total. The van der Waals surface area contributed by atoms with E-state index in [4.69, 9.17) is 9.47 Å². The number of methoxy groups -OCH3 is 1. The summed E-state index contributed by atoms with van der Waals surface area (Å²) in [6, 6.07) is 6.82. The Morgan fingerprint density at radius 3 is 2.36 bits per heavy atom. The third-order valence-electron chi connectivity index (χ3n) is 2.37. The topological polar surface area (TPSA) is 90.9 Å². The molecule has 118 valence electrons. The van der Waals surface area contributed by atoms with Gasteiger partial charge in [0, 0.05) is 12.2 Å². The number of hydrogen-bond donors (Lipinski definition) is 1. The molecule has 0 fully saturated rings. The smallest absolute Gasteiger partial charge is 0.331 e. The number of carbonyl (C=O) groups is 3. The summed E-state index contributed by atoms with van der Waals surface area (Å²) < 4.78 is 14.4. The van der Waals surface area contributed by atoms with Crippen LogP contribution in [0.25, 0.3) is 0 Å². The molecule has 1 aromatic carbocycles. The number of nitrogens with one attached hydrogen (secondary N) is 1. The summed E-state index contributed by atoms with van der Waals surface area (Å²) in [6.07, 6.45) is 1.83. The average molecular weight is 307 g/mol. The van der Waals surface area contributed by atoms with Gasteiger partial charge in [-0.1, -0.05) is 12.1 Å². The fourth-order valence-corrected chi connectivity index (χ4v) is 1.45. The average Bonchev–Trinajstić information content (AvgIpc) is 2.51. The molecule has 1 amide bonds. The molecule has 0 spiro atoms. The monoisotopic (exact) mass is 307 g/mol. The summed E-state index contributed by atoms with van der Waals surface area (Å²) in [6.45, 7) is 1.37. The molecule has 22 heavy (non-hydrogen) atoms. The van der Waals surface area contributed by atoms with Crippen LogP contribution >= 0.6 is 0 Å². The van der Waals surface area contributed by atoms with Crippen LogP contribution < -0.4 is 10.1 Å². The van der Waals surface area contributed by atoms with Crippen LogP contribution in [0.3, 0.4) is 0 Å². The number of ether oxygens (including phenoxy) is 3. The van der Waals surface area contributed by atoms with Gasteiger partial charge in [-0.25, -0.2) is 9.59 Å². The molecule has 0 atom stereocenters. The molecule has 7 heteroatoms. The summed E-state index contributed by atoms with van der Waals surface area (Å²) >= 11 is 0. The SMILES string of the molecule is CCOC(=O)/C=C/C(=O)OCC(=O)Nc1ccccc1OC. The van der Waals surface area contributed by atoms with Gasteiger partial charge in [0.05, 0.1) is 19.4 Å². The highest BCUT2D eigenvalue weighted by molar-refractivity contribution is 5.96. The molecule has 0 bridgehead atoms. The number of hydrogen-bond acceptors (Lipinski definition) is 6. The van der Waals surface area contributed by atoms with Crippen LogP contribution in [-0.2, 0) is 23.9 Å². The second-order valence-corrected chi connectivity index (χ2v) is 3.94. The molecule has 0 heterocycles. The van der Waals surface area contributed by atoms with Crippen molar-refractivity contribution in [3.63, 3.8) is 0 Å². The van der Waals surface area contributed by atoms with Crippen LogP contribution in [0.1, 0.15) is 6.92 Å². The lowest BCUT2D eigenvalue weighted by atomic mass is 10.3. The Kier molecular flexibility index (Phi) is 7.18. The fraction of sp³-hybridized carbons (Fsp3) is 0.267. The molecule has 1 rings (SSSR count). The van der Waals surface area contributed by atoms with E-state index < -0.39 is 24.5 Å². The Labute approximate surface area is 127 Å². The maximum atomic E-state index is 11.7. The first kappa shape index (κ1) is 17.2. The quantitative estimate of drug-likeness (QED) is 0.603. The minimum Gasteiger partial charge on any atom is -0.495 e. The molecule has 0 aliphatic heterocycles. The van der Waals surface area contributed by atoms with Crippen LogP contribution in [0.4, 0.5) is 5.69 Å². The molecular weight excluding hydrogens is 290 g/mol. The normalized spacial score (nSPS) is 10.1. The molecule has 0 aliphatic rings. The highest BCUT2D eigenvalue weighted by Crippen LogP contribution is 2.22. The maximum absolute atomic E-state index is 11.7. The number of anilines is 1. The van der Waals surface area contributed by atoms with Gasteiger partial charge in [-0.3, -0.25) is 4.79 Å². The van der Waals surface area contributed by atoms with Crippen molar-refractivity contribution in [1.82, 2.24) is 0 Å². The van der Waals surface area contributed by atoms with Crippen LogP contribution in [0.5, 0.6) is 5.75 Å². The number of rotatable bonds is 7. The summed E-state index contributed by atoms with van der Waals surface area (Å²) in [4.78, 5) is 34.0. The number of benzene rings is 1. The van der Waals surface area contributed by atoms with E-state index in [2.05, 4.69) is 10.1 Å². The van der Waals surface area contributed by atoms with Crippen LogP contribution in [0.15, 0.2) is 36.4 Å².